The van der Waals surface area contributed by atoms with Gasteiger partial charge in [-0.2, -0.15) is 0 Å². The van der Waals surface area contributed by atoms with E-state index in [4.69, 9.17) is 17.3 Å². The monoisotopic (exact) mass is 226 g/mol. The lowest BCUT2D eigenvalue weighted by Crippen LogP contribution is -2.31. The van der Waals surface area contributed by atoms with Crippen LogP contribution in [0.3, 0.4) is 0 Å². The van der Waals surface area contributed by atoms with Gasteiger partial charge >= 0.3 is 0 Å². The fourth-order valence-corrected chi connectivity index (χ4v) is 1.87. The smallest absolute Gasteiger partial charge is 0.0406 e. The fourth-order valence-electron chi connectivity index (χ4n) is 1.74. The van der Waals surface area contributed by atoms with Gasteiger partial charge in [0.25, 0.3) is 0 Å². The highest BCUT2D eigenvalue weighted by molar-refractivity contribution is 6.30. The number of halogens is 1. The van der Waals surface area contributed by atoms with Crippen molar-refractivity contribution in [2.24, 2.45) is 5.73 Å². The summed E-state index contributed by atoms with van der Waals surface area (Å²) in [4.78, 5) is 2.35. The average molecular weight is 227 g/mol. The molecule has 0 aliphatic heterocycles. The van der Waals surface area contributed by atoms with Crippen LogP contribution in [0.1, 0.15) is 25.5 Å². The Morgan fingerprint density at radius 2 is 1.93 bits per heavy atom. The van der Waals surface area contributed by atoms with Crippen LogP contribution < -0.4 is 5.73 Å². The maximum atomic E-state index is 5.86. The summed E-state index contributed by atoms with van der Waals surface area (Å²) < 4.78 is 0. The van der Waals surface area contributed by atoms with Crippen molar-refractivity contribution < 1.29 is 0 Å². The van der Waals surface area contributed by atoms with E-state index < -0.39 is 0 Å². The molecule has 0 aromatic heterocycles. The second-order valence-electron chi connectivity index (χ2n) is 3.64. The Labute approximate surface area is 97.0 Å². The molecule has 0 spiro atoms. The number of likely N-dealkylation sites (N-methyl/N-ethyl adjacent to an activating group) is 1. The Hall–Kier alpha value is -0.570. The molecule has 0 saturated heterocycles. The summed E-state index contributed by atoms with van der Waals surface area (Å²) in [5.74, 6) is 0. The third-order valence-electron chi connectivity index (χ3n) is 2.72. The second-order valence-corrected chi connectivity index (χ2v) is 4.08. The molecule has 0 bridgehead atoms. The minimum atomic E-state index is 0.399. The van der Waals surface area contributed by atoms with Crippen LogP contribution in [0.25, 0.3) is 0 Å². The standard InChI is InChI=1S/C12H19ClN2/c1-3-15(9-8-14)10(2)11-4-6-12(13)7-5-11/h4-7,10H,3,8-9,14H2,1-2H3/t10-/m0/s1. The predicted octanol–water partition coefficient (Wildman–Crippen LogP) is 2.68. The Bertz CT molecular complexity index is 284. The van der Waals surface area contributed by atoms with Crippen molar-refractivity contribution in [1.29, 1.82) is 0 Å². The number of hydrogen-bond donors (Lipinski definition) is 1. The van der Waals surface area contributed by atoms with Crippen molar-refractivity contribution in [2.75, 3.05) is 19.6 Å². The molecule has 0 fully saturated rings. The summed E-state index contributed by atoms with van der Waals surface area (Å²) in [6.07, 6.45) is 0. The molecule has 0 amide bonds. The van der Waals surface area contributed by atoms with E-state index in [0.717, 1.165) is 18.1 Å². The molecule has 15 heavy (non-hydrogen) atoms. The molecule has 1 aromatic rings. The van der Waals surface area contributed by atoms with Crippen LogP contribution in [0, 0.1) is 0 Å². The van der Waals surface area contributed by atoms with Crippen LogP contribution in [-0.2, 0) is 0 Å². The van der Waals surface area contributed by atoms with E-state index in [1.54, 1.807) is 0 Å². The highest BCUT2D eigenvalue weighted by Gasteiger charge is 2.12. The lowest BCUT2D eigenvalue weighted by Gasteiger charge is -2.27. The molecule has 2 N–H and O–H groups in total. The van der Waals surface area contributed by atoms with E-state index in [0.29, 0.717) is 12.6 Å². The summed E-state index contributed by atoms with van der Waals surface area (Å²) in [7, 11) is 0. The Kier molecular flexibility index (Phi) is 5.09. The van der Waals surface area contributed by atoms with E-state index in [1.807, 2.05) is 12.1 Å². The normalized spacial score (nSPS) is 13.1. The van der Waals surface area contributed by atoms with Gasteiger partial charge in [0.2, 0.25) is 0 Å². The van der Waals surface area contributed by atoms with Crippen molar-refractivity contribution in [3.63, 3.8) is 0 Å². The number of hydrogen-bond acceptors (Lipinski definition) is 2. The van der Waals surface area contributed by atoms with Crippen LogP contribution in [0.4, 0.5) is 0 Å². The van der Waals surface area contributed by atoms with Gasteiger partial charge < -0.3 is 5.73 Å². The molecule has 84 valence electrons. The van der Waals surface area contributed by atoms with Gasteiger partial charge in [-0.05, 0) is 31.2 Å². The Morgan fingerprint density at radius 3 is 2.40 bits per heavy atom. The van der Waals surface area contributed by atoms with Gasteiger partial charge in [-0.1, -0.05) is 30.7 Å². The molecule has 1 atom stereocenters. The van der Waals surface area contributed by atoms with Crippen molar-refractivity contribution in [2.45, 2.75) is 19.9 Å². The summed E-state index contributed by atoms with van der Waals surface area (Å²) in [5.41, 5.74) is 6.87. The zero-order valence-corrected chi connectivity index (χ0v) is 10.2. The summed E-state index contributed by atoms with van der Waals surface area (Å²) in [6, 6.07) is 8.42. The maximum absolute atomic E-state index is 5.86. The average Bonchev–Trinajstić information content (AvgIpc) is 2.26. The zero-order chi connectivity index (χ0) is 11.3. The molecule has 0 aliphatic carbocycles. The number of nitrogens with zero attached hydrogens (tertiary/aromatic N) is 1. The van der Waals surface area contributed by atoms with E-state index in [-0.39, 0.29) is 0 Å². The van der Waals surface area contributed by atoms with Crippen LogP contribution >= 0.6 is 11.6 Å². The second kappa shape index (κ2) is 6.11. The highest BCUT2D eigenvalue weighted by Crippen LogP contribution is 2.21. The van der Waals surface area contributed by atoms with Crippen LogP contribution in [0.5, 0.6) is 0 Å². The number of nitrogens with two attached hydrogens (primary N) is 1. The minimum absolute atomic E-state index is 0.399. The van der Waals surface area contributed by atoms with Crippen molar-refractivity contribution in [1.82, 2.24) is 4.90 Å². The first-order chi connectivity index (χ1) is 7.19. The SMILES string of the molecule is CCN(CCN)[C@@H](C)c1ccc(Cl)cc1. The van der Waals surface area contributed by atoms with Gasteiger partial charge in [0.05, 0.1) is 0 Å². The highest BCUT2D eigenvalue weighted by atomic mass is 35.5. The molecule has 1 aromatic carbocycles. The van der Waals surface area contributed by atoms with Crippen LogP contribution in [-0.4, -0.2) is 24.5 Å². The molecule has 1 rings (SSSR count). The lowest BCUT2D eigenvalue weighted by atomic mass is 10.1. The first-order valence-corrected chi connectivity index (χ1v) is 5.76. The topological polar surface area (TPSA) is 29.3 Å². The minimum Gasteiger partial charge on any atom is -0.329 e. The maximum Gasteiger partial charge on any atom is 0.0406 e. The lowest BCUT2D eigenvalue weighted by molar-refractivity contribution is 0.228. The number of rotatable bonds is 5. The zero-order valence-electron chi connectivity index (χ0n) is 9.41. The summed E-state index contributed by atoms with van der Waals surface area (Å²) >= 11 is 5.86. The van der Waals surface area contributed by atoms with Gasteiger partial charge in [-0.3, -0.25) is 4.90 Å². The van der Waals surface area contributed by atoms with Gasteiger partial charge in [0.1, 0.15) is 0 Å². The largest absolute Gasteiger partial charge is 0.329 e. The quantitative estimate of drug-likeness (QED) is 0.837. The molecule has 0 heterocycles. The Balaban J connectivity index is 2.73. The molecule has 0 saturated carbocycles. The van der Waals surface area contributed by atoms with Crippen LogP contribution in [0.15, 0.2) is 24.3 Å². The summed E-state index contributed by atoms with van der Waals surface area (Å²) in [6.45, 7) is 7.00. The molecular weight excluding hydrogens is 208 g/mol. The first-order valence-electron chi connectivity index (χ1n) is 5.38. The fraction of sp³-hybridized carbons (Fsp3) is 0.500. The van der Waals surface area contributed by atoms with E-state index >= 15 is 0 Å². The molecule has 0 radical (unpaired) electrons. The molecule has 2 nitrogen and oxygen atoms in total. The van der Waals surface area contributed by atoms with E-state index in [2.05, 4.69) is 30.9 Å². The van der Waals surface area contributed by atoms with Gasteiger partial charge in [-0.25, -0.2) is 0 Å². The molecule has 3 heteroatoms. The first kappa shape index (κ1) is 12.5. The van der Waals surface area contributed by atoms with Crippen LogP contribution in [0.2, 0.25) is 5.02 Å². The molecule has 0 unspecified atom stereocenters. The van der Waals surface area contributed by atoms with Crippen molar-refractivity contribution in [3.05, 3.63) is 34.9 Å². The summed E-state index contributed by atoms with van der Waals surface area (Å²) in [5, 5.41) is 0.785. The van der Waals surface area contributed by atoms with Gasteiger partial charge in [0, 0.05) is 24.2 Å². The molecule has 0 aliphatic rings. The van der Waals surface area contributed by atoms with Gasteiger partial charge in [-0.15, -0.1) is 0 Å². The van der Waals surface area contributed by atoms with Crippen molar-refractivity contribution in [3.8, 4) is 0 Å². The van der Waals surface area contributed by atoms with E-state index in [1.165, 1.54) is 5.56 Å². The third kappa shape index (κ3) is 3.49. The van der Waals surface area contributed by atoms with Crippen molar-refractivity contribution >= 4 is 11.6 Å². The third-order valence-corrected chi connectivity index (χ3v) is 2.97. The van der Waals surface area contributed by atoms with Gasteiger partial charge in [0.15, 0.2) is 0 Å². The molecular formula is C12H19ClN2. The van der Waals surface area contributed by atoms with E-state index in [9.17, 15) is 0 Å². The predicted molar refractivity (Wildman–Crippen MR) is 66.2 cm³/mol. The Morgan fingerprint density at radius 1 is 1.33 bits per heavy atom. The number of benzene rings is 1.